The van der Waals surface area contributed by atoms with Crippen LogP contribution in [0.4, 0.5) is 18.9 Å². The van der Waals surface area contributed by atoms with Gasteiger partial charge < -0.3 is 9.15 Å². The van der Waals surface area contributed by atoms with Gasteiger partial charge in [-0.2, -0.15) is 13.2 Å². The number of halogens is 4. The summed E-state index contributed by atoms with van der Waals surface area (Å²) in [7, 11) is -2.73. The Bertz CT molecular complexity index is 1560. The molecule has 0 N–H and O–H groups in total. The number of para-hydroxylation sites is 1. The molecule has 34 heavy (non-hydrogen) atoms. The zero-order chi connectivity index (χ0) is 24.7. The van der Waals surface area contributed by atoms with Crippen LogP contribution in [0.2, 0.25) is 5.02 Å². The summed E-state index contributed by atoms with van der Waals surface area (Å²) < 4.78 is 78.1. The number of benzene rings is 3. The molecule has 0 bridgehead atoms. The van der Waals surface area contributed by atoms with Gasteiger partial charge in [0.15, 0.2) is 11.3 Å². The first-order chi connectivity index (χ1) is 16.0. The highest BCUT2D eigenvalue weighted by Crippen LogP contribution is 2.37. The van der Waals surface area contributed by atoms with E-state index in [1.165, 1.54) is 31.4 Å². The molecule has 0 saturated carbocycles. The average molecular weight is 508 g/mol. The zero-order valence-corrected chi connectivity index (χ0v) is 19.4. The van der Waals surface area contributed by atoms with Crippen molar-refractivity contribution in [2.75, 3.05) is 7.11 Å². The fraction of sp³-hybridized carbons (Fsp3) is 0.125. The van der Waals surface area contributed by atoms with Crippen LogP contribution in [0.15, 0.2) is 85.9 Å². The minimum atomic E-state index is -4.72. The van der Waals surface area contributed by atoms with E-state index in [-0.39, 0.29) is 21.1 Å². The Kier molecular flexibility index (Phi) is 6.18. The lowest BCUT2D eigenvalue weighted by molar-refractivity contribution is -0.137. The van der Waals surface area contributed by atoms with Crippen LogP contribution in [0.3, 0.4) is 0 Å². The number of nitrogens with zero attached hydrogens (tertiary/aromatic N) is 1. The predicted molar refractivity (Wildman–Crippen MR) is 121 cm³/mol. The van der Waals surface area contributed by atoms with Gasteiger partial charge in [0.25, 0.3) is 0 Å². The van der Waals surface area contributed by atoms with Gasteiger partial charge in [-0.25, -0.2) is 13.4 Å². The highest BCUT2D eigenvalue weighted by atomic mass is 35.5. The van der Waals surface area contributed by atoms with Gasteiger partial charge in [-0.3, -0.25) is 0 Å². The van der Waals surface area contributed by atoms with E-state index in [2.05, 4.69) is 4.99 Å². The summed E-state index contributed by atoms with van der Waals surface area (Å²) in [6.07, 6.45) is -4.72. The molecule has 0 saturated heterocycles. The van der Waals surface area contributed by atoms with Crippen LogP contribution >= 0.6 is 11.6 Å². The molecule has 1 heterocycles. The topological polar surface area (TPSA) is 68.9 Å². The maximum Gasteiger partial charge on any atom is 0.417 e. The minimum absolute atomic E-state index is 0.0147. The molecule has 0 spiro atoms. The van der Waals surface area contributed by atoms with E-state index in [1.807, 2.05) is 6.92 Å². The number of ether oxygens (including phenoxy) is 1. The summed E-state index contributed by atoms with van der Waals surface area (Å²) >= 11 is 5.70. The first kappa shape index (κ1) is 23.8. The molecule has 0 aliphatic carbocycles. The van der Waals surface area contributed by atoms with Gasteiger partial charge in [-0.1, -0.05) is 41.4 Å². The first-order valence-corrected chi connectivity index (χ1v) is 11.7. The Morgan fingerprint density at radius 1 is 1.00 bits per heavy atom. The maximum absolute atomic E-state index is 13.5. The molecule has 0 amide bonds. The molecule has 3 aromatic carbocycles. The Labute approximate surface area is 198 Å². The summed E-state index contributed by atoms with van der Waals surface area (Å²) in [6, 6.07) is 15.4. The Morgan fingerprint density at radius 2 is 1.71 bits per heavy atom. The van der Waals surface area contributed by atoms with Crippen molar-refractivity contribution in [2.24, 2.45) is 4.99 Å². The van der Waals surface area contributed by atoms with E-state index in [0.29, 0.717) is 11.1 Å². The van der Waals surface area contributed by atoms with Crippen molar-refractivity contribution in [1.29, 1.82) is 0 Å². The van der Waals surface area contributed by atoms with Crippen molar-refractivity contribution < 1.29 is 30.7 Å². The van der Waals surface area contributed by atoms with Gasteiger partial charge >= 0.3 is 6.18 Å². The number of alkyl halides is 3. The number of aryl methyl sites for hydroxylation is 1. The van der Waals surface area contributed by atoms with Crippen LogP contribution in [0.5, 0.6) is 5.75 Å². The molecule has 1 aromatic heterocycles. The molecule has 0 radical (unpaired) electrons. The van der Waals surface area contributed by atoms with Gasteiger partial charge in [0.2, 0.25) is 15.4 Å². The molecular formula is C24H17ClF3NO4S. The van der Waals surface area contributed by atoms with Crippen molar-refractivity contribution >= 4 is 38.1 Å². The van der Waals surface area contributed by atoms with Crippen LogP contribution in [-0.4, -0.2) is 15.5 Å². The van der Waals surface area contributed by atoms with E-state index in [9.17, 15) is 21.6 Å². The Balaban J connectivity index is 2.05. The number of rotatable bonds is 4. The van der Waals surface area contributed by atoms with Crippen molar-refractivity contribution in [3.05, 3.63) is 88.4 Å². The average Bonchev–Trinajstić information content (AvgIpc) is 2.79. The number of sulfone groups is 1. The number of fused-ring (bicyclic) bond motifs is 1. The fourth-order valence-electron chi connectivity index (χ4n) is 3.30. The smallest absolute Gasteiger partial charge is 0.417 e. The summed E-state index contributed by atoms with van der Waals surface area (Å²) in [5.41, 5.74) is -0.630. The molecule has 176 valence electrons. The molecule has 0 atom stereocenters. The van der Waals surface area contributed by atoms with Crippen molar-refractivity contribution in [3.8, 4) is 5.75 Å². The fourth-order valence-corrected chi connectivity index (χ4v) is 4.87. The molecule has 4 rings (SSSR count). The van der Waals surface area contributed by atoms with Gasteiger partial charge in [0.1, 0.15) is 4.90 Å². The summed E-state index contributed by atoms with van der Waals surface area (Å²) in [5, 5.41) is -0.0906. The van der Waals surface area contributed by atoms with Crippen LogP contribution < -0.4 is 10.3 Å². The molecule has 0 aliphatic heterocycles. The number of hydrogen-bond acceptors (Lipinski definition) is 5. The highest BCUT2D eigenvalue weighted by molar-refractivity contribution is 7.91. The summed E-state index contributed by atoms with van der Waals surface area (Å²) in [4.78, 5) is 3.81. The molecule has 10 heteroatoms. The monoisotopic (exact) mass is 507 g/mol. The molecule has 4 aromatic rings. The van der Waals surface area contributed by atoms with Gasteiger partial charge in [-0.15, -0.1) is 0 Å². The van der Waals surface area contributed by atoms with Crippen molar-refractivity contribution in [3.63, 3.8) is 0 Å². The number of hydrogen-bond donors (Lipinski definition) is 0. The van der Waals surface area contributed by atoms with Crippen molar-refractivity contribution in [2.45, 2.75) is 22.9 Å². The summed E-state index contributed by atoms with van der Waals surface area (Å²) in [5.74, 6) is 0.306. The zero-order valence-electron chi connectivity index (χ0n) is 17.9. The predicted octanol–water partition coefficient (Wildman–Crippen LogP) is 6.49. The number of methoxy groups -OCH3 is 1. The largest absolute Gasteiger partial charge is 0.493 e. The van der Waals surface area contributed by atoms with E-state index in [4.69, 9.17) is 20.8 Å². The highest BCUT2D eigenvalue weighted by Gasteiger charge is 2.33. The van der Waals surface area contributed by atoms with E-state index in [1.54, 1.807) is 30.3 Å². The molecule has 5 nitrogen and oxygen atoms in total. The Morgan fingerprint density at radius 3 is 2.35 bits per heavy atom. The van der Waals surface area contributed by atoms with E-state index >= 15 is 0 Å². The molecule has 0 aliphatic rings. The second-order valence-electron chi connectivity index (χ2n) is 7.38. The van der Waals surface area contributed by atoms with Crippen LogP contribution in [-0.2, 0) is 16.0 Å². The maximum atomic E-state index is 13.5. The van der Waals surface area contributed by atoms with Crippen LogP contribution in [0.25, 0.3) is 11.0 Å². The molecule has 0 unspecified atom stereocenters. The van der Waals surface area contributed by atoms with Crippen LogP contribution in [0, 0.1) is 6.92 Å². The van der Waals surface area contributed by atoms with E-state index in [0.717, 1.165) is 17.7 Å². The molecular weight excluding hydrogens is 491 g/mol. The SMILES string of the molecule is COc1cccc2cc(S(=O)(=O)c3ccc(C)cc3)c(=Nc3ccc(Cl)c(C(F)(F)F)c3)oc12. The van der Waals surface area contributed by atoms with Gasteiger partial charge in [-0.05, 0) is 49.4 Å². The van der Waals surface area contributed by atoms with Gasteiger partial charge in [0, 0.05) is 5.39 Å². The van der Waals surface area contributed by atoms with Crippen LogP contribution in [0.1, 0.15) is 11.1 Å². The second-order valence-corrected chi connectivity index (χ2v) is 9.71. The Hall–Kier alpha value is -3.30. The lowest BCUT2D eigenvalue weighted by atomic mass is 10.2. The van der Waals surface area contributed by atoms with E-state index < -0.39 is 32.2 Å². The van der Waals surface area contributed by atoms with Gasteiger partial charge in [0.05, 0.1) is 28.3 Å². The summed E-state index contributed by atoms with van der Waals surface area (Å²) in [6.45, 7) is 1.81. The van der Waals surface area contributed by atoms with Crippen molar-refractivity contribution in [1.82, 2.24) is 0 Å². The third-order valence-electron chi connectivity index (χ3n) is 5.03. The standard InChI is InChI=1S/C24H17ClF3NO4S/c1-14-6-9-17(10-7-14)34(30,31)21-12-15-4-3-5-20(32-2)22(15)33-23(21)29-16-8-11-19(25)18(13-16)24(26,27)28/h3-13H,1-2H3. The second kappa shape index (κ2) is 8.81. The molecule has 0 fully saturated rings. The third kappa shape index (κ3) is 4.53. The lowest BCUT2D eigenvalue weighted by Gasteiger charge is -2.10. The normalized spacial score (nSPS) is 12.8. The minimum Gasteiger partial charge on any atom is -0.493 e. The third-order valence-corrected chi connectivity index (χ3v) is 7.13. The quantitative estimate of drug-likeness (QED) is 0.317. The lowest BCUT2D eigenvalue weighted by Crippen LogP contribution is -2.16. The first-order valence-electron chi connectivity index (χ1n) is 9.85.